The second kappa shape index (κ2) is 6.19. The van der Waals surface area contributed by atoms with Crippen molar-refractivity contribution >= 4 is 11.7 Å². The van der Waals surface area contributed by atoms with Crippen LogP contribution in [0.2, 0.25) is 0 Å². The van der Waals surface area contributed by atoms with Gasteiger partial charge in [-0.3, -0.25) is 0 Å². The Kier molecular flexibility index (Phi) is 4.35. The van der Waals surface area contributed by atoms with Crippen LogP contribution >= 0.6 is 0 Å². The summed E-state index contributed by atoms with van der Waals surface area (Å²) in [4.78, 5) is 13.6. The van der Waals surface area contributed by atoms with Gasteiger partial charge in [0.2, 0.25) is 0 Å². The number of aryl methyl sites for hydroxylation is 1. The molecule has 2 aromatic carbocycles. The molecule has 0 unspecified atom stereocenters. The molecule has 0 aliphatic rings. The van der Waals surface area contributed by atoms with Crippen molar-refractivity contribution in [2.24, 2.45) is 0 Å². The Bertz CT molecular complexity index is 599. The molecule has 20 heavy (non-hydrogen) atoms. The molecule has 2 rings (SSSR count). The number of anilines is 1. The predicted octanol–water partition coefficient (Wildman–Crippen LogP) is 3.80. The van der Waals surface area contributed by atoms with Crippen LogP contribution in [-0.4, -0.2) is 18.0 Å². The average molecular weight is 272 g/mol. The summed E-state index contributed by atoms with van der Waals surface area (Å²) in [6.45, 7) is 2.19. The van der Waals surface area contributed by atoms with Crippen molar-refractivity contribution in [2.75, 3.05) is 12.4 Å². The zero-order valence-electron chi connectivity index (χ0n) is 11.6. The van der Waals surface area contributed by atoms with Crippen LogP contribution in [0.5, 0.6) is 0 Å². The number of hydrogen-bond donors (Lipinski definition) is 1. The molecular weight excluding hydrogens is 255 g/mol. The van der Waals surface area contributed by atoms with Gasteiger partial charge >= 0.3 is 6.03 Å². The minimum Gasteiger partial charge on any atom is -0.323 e. The molecule has 2 aromatic rings. The molecule has 0 heterocycles. The maximum absolute atomic E-state index is 13.2. The third kappa shape index (κ3) is 3.57. The fraction of sp³-hybridized carbons (Fsp3) is 0.188. The number of halogens is 1. The second-order valence-corrected chi connectivity index (χ2v) is 4.74. The van der Waals surface area contributed by atoms with Crippen LogP contribution in [0.15, 0.2) is 48.5 Å². The molecule has 0 fully saturated rings. The third-order valence-corrected chi connectivity index (χ3v) is 3.02. The molecule has 3 nitrogen and oxygen atoms in total. The summed E-state index contributed by atoms with van der Waals surface area (Å²) < 4.78 is 13.2. The Morgan fingerprint density at radius 3 is 2.55 bits per heavy atom. The molecule has 104 valence electrons. The standard InChI is InChI=1S/C16H17FN2O/c1-12-10-14(8-9-15(12)17)18-16(20)19(2)11-13-6-4-3-5-7-13/h3-10H,11H2,1-2H3,(H,18,20). The van der Waals surface area contributed by atoms with Crippen molar-refractivity contribution in [2.45, 2.75) is 13.5 Å². The number of nitrogens with zero attached hydrogens (tertiary/aromatic N) is 1. The molecule has 0 radical (unpaired) electrons. The van der Waals surface area contributed by atoms with Gasteiger partial charge in [-0.05, 0) is 36.2 Å². The van der Waals surface area contributed by atoms with Crippen molar-refractivity contribution in [3.63, 3.8) is 0 Å². The average Bonchev–Trinajstić information content (AvgIpc) is 2.44. The van der Waals surface area contributed by atoms with Gasteiger partial charge in [-0.1, -0.05) is 30.3 Å². The number of benzene rings is 2. The van der Waals surface area contributed by atoms with Gasteiger partial charge in [0, 0.05) is 19.3 Å². The van der Waals surface area contributed by atoms with Crippen molar-refractivity contribution in [1.82, 2.24) is 4.90 Å². The summed E-state index contributed by atoms with van der Waals surface area (Å²) >= 11 is 0. The second-order valence-electron chi connectivity index (χ2n) is 4.74. The minimum absolute atomic E-state index is 0.222. The molecular formula is C16H17FN2O. The number of amides is 2. The SMILES string of the molecule is Cc1cc(NC(=O)N(C)Cc2ccccc2)ccc1F. The van der Waals surface area contributed by atoms with Crippen molar-refractivity contribution in [3.05, 3.63) is 65.5 Å². The van der Waals surface area contributed by atoms with Crippen LogP contribution < -0.4 is 5.32 Å². The topological polar surface area (TPSA) is 32.3 Å². The van der Waals surface area contributed by atoms with Gasteiger partial charge < -0.3 is 10.2 Å². The number of carbonyl (C=O) groups excluding carboxylic acids is 1. The van der Waals surface area contributed by atoms with Crippen LogP contribution in [0.4, 0.5) is 14.9 Å². The molecule has 0 saturated carbocycles. The Labute approximate surface area is 118 Å². The zero-order valence-corrected chi connectivity index (χ0v) is 11.6. The van der Waals surface area contributed by atoms with E-state index in [2.05, 4.69) is 5.32 Å². The zero-order chi connectivity index (χ0) is 14.5. The fourth-order valence-corrected chi connectivity index (χ4v) is 1.87. The predicted molar refractivity (Wildman–Crippen MR) is 78.1 cm³/mol. The molecule has 4 heteroatoms. The number of carbonyl (C=O) groups is 1. The van der Waals surface area contributed by atoms with Crippen molar-refractivity contribution in [1.29, 1.82) is 0 Å². The first kappa shape index (κ1) is 14.1. The van der Waals surface area contributed by atoms with E-state index in [0.717, 1.165) is 5.56 Å². The van der Waals surface area contributed by atoms with Gasteiger partial charge in [-0.25, -0.2) is 9.18 Å². The summed E-state index contributed by atoms with van der Waals surface area (Å²) in [5.41, 5.74) is 2.16. The van der Waals surface area contributed by atoms with E-state index < -0.39 is 0 Å². The summed E-state index contributed by atoms with van der Waals surface area (Å²) in [6, 6.07) is 14.0. The van der Waals surface area contributed by atoms with E-state index in [4.69, 9.17) is 0 Å². The molecule has 0 spiro atoms. The Morgan fingerprint density at radius 2 is 1.90 bits per heavy atom. The number of urea groups is 1. The Hall–Kier alpha value is -2.36. The van der Waals surface area contributed by atoms with E-state index in [1.807, 2.05) is 30.3 Å². The summed E-state index contributed by atoms with van der Waals surface area (Å²) in [5, 5.41) is 2.75. The highest BCUT2D eigenvalue weighted by Crippen LogP contribution is 2.14. The maximum atomic E-state index is 13.2. The number of rotatable bonds is 3. The molecule has 2 amide bonds. The van der Waals surface area contributed by atoms with Crippen molar-refractivity contribution in [3.8, 4) is 0 Å². The lowest BCUT2D eigenvalue weighted by Crippen LogP contribution is -2.30. The quantitative estimate of drug-likeness (QED) is 0.905. The molecule has 0 aliphatic carbocycles. The van der Waals surface area contributed by atoms with Gasteiger partial charge in [0.15, 0.2) is 0 Å². The fourth-order valence-electron chi connectivity index (χ4n) is 1.87. The highest BCUT2D eigenvalue weighted by Gasteiger charge is 2.09. The van der Waals surface area contributed by atoms with Gasteiger partial charge in [0.05, 0.1) is 0 Å². The van der Waals surface area contributed by atoms with Gasteiger partial charge in [0.1, 0.15) is 5.82 Å². The summed E-state index contributed by atoms with van der Waals surface area (Å²) in [7, 11) is 1.72. The number of nitrogens with one attached hydrogen (secondary N) is 1. The molecule has 0 aliphatic heterocycles. The molecule has 0 atom stereocenters. The number of hydrogen-bond acceptors (Lipinski definition) is 1. The lowest BCUT2D eigenvalue weighted by molar-refractivity contribution is 0.220. The molecule has 0 bridgehead atoms. The highest BCUT2D eigenvalue weighted by molar-refractivity contribution is 5.89. The summed E-state index contributed by atoms with van der Waals surface area (Å²) in [5.74, 6) is -0.277. The molecule has 0 aromatic heterocycles. The van der Waals surface area contributed by atoms with E-state index in [1.165, 1.54) is 6.07 Å². The van der Waals surface area contributed by atoms with Gasteiger partial charge in [-0.15, -0.1) is 0 Å². The summed E-state index contributed by atoms with van der Waals surface area (Å²) in [6.07, 6.45) is 0. The first-order valence-electron chi connectivity index (χ1n) is 6.38. The van der Waals surface area contributed by atoms with E-state index in [-0.39, 0.29) is 11.8 Å². The van der Waals surface area contributed by atoms with Crippen LogP contribution in [0.1, 0.15) is 11.1 Å². The first-order chi connectivity index (χ1) is 9.56. The third-order valence-electron chi connectivity index (χ3n) is 3.02. The van der Waals surface area contributed by atoms with Crippen LogP contribution in [-0.2, 0) is 6.54 Å². The highest BCUT2D eigenvalue weighted by atomic mass is 19.1. The Balaban J connectivity index is 1.99. The normalized spacial score (nSPS) is 10.2. The van der Waals surface area contributed by atoms with E-state index in [0.29, 0.717) is 17.8 Å². The van der Waals surface area contributed by atoms with Gasteiger partial charge in [-0.2, -0.15) is 0 Å². The van der Waals surface area contributed by atoms with Crippen molar-refractivity contribution < 1.29 is 9.18 Å². The first-order valence-corrected chi connectivity index (χ1v) is 6.38. The Morgan fingerprint density at radius 1 is 1.20 bits per heavy atom. The smallest absolute Gasteiger partial charge is 0.321 e. The van der Waals surface area contributed by atoms with Gasteiger partial charge in [0.25, 0.3) is 0 Å². The van der Waals surface area contributed by atoms with Crippen LogP contribution in [0.3, 0.4) is 0 Å². The van der Waals surface area contributed by atoms with Crippen LogP contribution in [0.25, 0.3) is 0 Å². The molecule has 1 N–H and O–H groups in total. The lowest BCUT2D eigenvalue weighted by atomic mass is 10.2. The van der Waals surface area contributed by atoms with E-state index in [9.17, 15) is 9.18 Å². The lowest BCUT2D eigenvalue weighted by Gasteiger charge is -2.18. The molecule has 0 saturated heterocycles. The minimum atomic E-state index is -0.277. The largest absolute Gasteiger partial charge is 0.323 e. The monoisotopic (exact) mass is 272 g/mol. The van der Waals surface area contributed by atoms with Crippen LogP contribution in [0, 0.1) is 12.7 Å². The van der Waals surface area contributed by atoms with E-state index >= 15 is 0 Å². The van der Waals surface area contributed by atoms with E-state index in [1.54, 1.807) is 31.0 Å². The maximum Gasteiger partial charge on any atom is 0.321 e.